The fourth-order valence-electron chi connectivity index (χ4n) is 1.66. The van der Waals surface area contributed by atoms with Gasteiger partial charge < -0.3 is 9.52 Å². The molecular formula is C12H14O2S. The van der Waals surface area contributed by atoms with Crippen molar-refractivity contribution in [2.24, 2.45) is 0 Å². The van der Waals surface area contributed by atoms with Crippen LogP contribution >= 0.6 is 11.3 Å². The first-order valence-corrected chi connectivity index (χ1v) is 5.94. The summed E-state index contributed by atoms with van der Waals surface area (Å²) in [5.74, 6) is 0. The molecule has 0 fully saturated rings. The summed E-state index contributed by atoms with van der Waals surface area (Å²) in [6.07, 6.45) is 4.52. The number of aliphatic hydroxyl groups excluding tert-OH is 1. The van der Waals surface area contributed by atoms with Crippen LogP contribution in [-0.2, 0) is 12.8 Å². The van der Waals surface area contributed by atoms with Crippen LogP contribution in [0.15, 0.2) is 34.5 Å². The fourth-order valence-corrected chi connectivity index (χ4v) is 2.64. The first-order chi connectivity index (χ1) is 7.31. The largest absolute Gasteiger partial charge is 0.472 e. The maximum Gasteiger partial charge on any atom is 0.0935 e. The van der Waals surface area contributed by atoms with Crippen molar-refractivity contribution in [3.05, 3.63) is 46.0 Å². The van der Waals surface area contributed by atoms with E-state index in [2.05, 4.69) is 13.0 Å². The quantitative estimate of drug-likeness (QED) is 0.862. The first-order valence-electron chi connectivity index (χ1n) is 5.06. The van der Waals surface area contributed by atoms with Crippen LogP contribution in [0.1, 0.15) is 29.0 Å². The lowest BCUT2D eigenvalue weighted by Gasteiger charge is -2.09. The highest BCUT2D eigenvalue weighted by Gasteiger charge is 2.14. The van der Waals surface area contributed by atoms with Gasteiger partial charge in [0, 0.05) is 11.3 Å². The molecule has 2 heterocycles. The van der Waals surface area contributed by atoms with Crippen molar-refractivity contribution in [2.45, 2.75) is 25.9 Å². The van der Waals surface area contributed by atoms with E-state index >= 15 is 0 Å². The summed E-state index contributed by atoms with van der Waals surface area (Å²) >= 11 is 1.62. The summed E-state index contributed by atoms with van der Waals surface area (Å²) in [7, 11) is 0. The van der Waals surface area contributed by atoms with Gasteiger partial charge in [-0.05, 0) is 35.1 Å². The van der Waals surface area contributed by atoms with Crippen LogP contribution in [-0.4, -0.2) is 5.11 Å². The van der Waals surface area contributed by atoms with Gasteiger partial charge >= 0.3 is 0 Å². The fraction of sp³-hybridized carbons (Fsp3) is 0.333. The molecule has 3 heteroatoms. The van der Waals surface area contributed by atoms with Crippen LogP contribution in [0.2, 0.25) is 0 Å². The summed E-state index contributed by atoms with van der Waals surface area (Å²) in [6, 6.07) is 3.97. The van der Waals surface area contributed by atoms with Crippen LogP contribution in [0.5, 0.6) is 0 Å². The van der Waals surface area contributed by atoms with Crippen molar-refractivity contribution in [3.63, 3.8) is 0 Å². The minimum atomic E-state index is -0.405. The lowest BCUT2D eigenvalue weighted by molar-refractivity contribution is 0.181. The Bertz CT molecular complexity index is 403. The normalized spacial score (nSPS) is 12.9. The minimum Gasteiger partial charge on any atom is -0.472 e. The van der Waals surface area contributed by atoms with Gasteiger partial charge in [-0.3, -0.25) is 0 Å². The molecule has 0 radical (unpaired) electrons. The van der Waals surface area contributed by atoms with E-state index in [1.807, 2.05) is 11.4 Å². The Morgan fingerprint density at radius 1 is 1.47 bits per heavy atom. The van der Waals surface area contributed by atoms with E-state index < -0.39 is 6.10 Å². The van der Waals surface area contributed by atoms with E-state index in [1.54, 1.807) is 23.9 Å². The zero-order chi connectivity index (χ0) is 10.7. The number of hydrogen-bond donors (Lipinski definition) is 1. The van der Waals surface area contributed by atoms with Crippen LogP contribution in [0.4, 0.5) is 0 Å². The third-order valence-electron chi connectivity index (χ3n) is 2.47. The molecule has 2 rings (SSSR count). The van der Waals surface area contributed by atoms with E-state index in [0.29, 0.717) is 6.42 Å². The standard InChI is InChI=1S/C12H14O2S/c1-2-10-4-6-15-12(10)11(13)7-9-3-5-14-8-9/h3-6,8,11,13H,2,7H2,1H3. The first kappa shape index (κ1) is 10.5. The third kappa shape index (κ3) is 2.30. The zero-order valence-electron chi connectivity index (χ0n) is 8.64. The molecule has 0 aliphatic carbocycles. The monoisotopic (exact) mass is 222 g/mol. The molecule has 0 amide bonds. The van der Waals surface area contributed by atoms with E-state index in [1.165, 1.54) is 5.56 Å². The molecule has 1 N–H and O–H groups in total. The molecule has 80 valence electrons. The summed E-state index contributed by atoms with van der Waals surface area (Å²) in [4.78, 5) is 1.08. The Kier molecular flexibility index (Phi) is 3.23. The van der Waals surface area contributed by atoms with Crippen LogP contribution in [0.3, 0.4) is 0 Å². The lowest BCUT2D eigenvalue weighted by Crippen LogP contribution is -2.01. The number of aliphatic hydroxyl groups is 1. The highest BCUT2D eigenvalue weighted by atomic mass is 32.1. The Labute approximate surface area is 93.2 Å². The van der Waals surface area contributed by atoms with Gasteiger partial charge in [-0.1, -0.05) is 6.92 Å². The maximum atomic E-state index is 10.1. The lowest BCUT2D eigenvalue weighted by atomic mass is 10.1. The maximum absolute atomic E-state index is 10.1. The molecule has 1 atom stereocenters. The second-order valence-electron chi connectivity index (χ2n) is 3.52. The zero-order valence-corrected chi connectivity index (χ0v) is 9.46. The smallest absolute Gasteiger partial charge is 0.0935 e. The molecule has 0 spiro atoms. The highest BCUT2D eigenvalue weighted by molar-refractivity contribution is 7.10. The van der Waals surface area contributed by atoms with Gasteiger partial charge in [0.15, 0.2) is 0 Å². The molecule has 0 aliphatic heterocycles. The number of furan rings is 1. The van der Waals surface area contributed by atoms with Crippen molar-refractivity contribution in [3.8, 4) is 0 Å². The van der Waals surface area contributed by atoms with Gasteiger partial charge in [0.25, 0.3) is 0 Å². The van der Waals surface area contributed by atoms with Crippen molar-refractivity contribution in [1.82, 2.24) is 0 Å². The Morgan fingerprint density at radius 2 is 2.33 bits per heavy atom. The molecule has 0 saturated carbocycles. The number of hydrogen-bond acceptors (Lipinski definition) is 3. The number of thiophene rings is 1. The molecule has 2 aromatic rings. The minimum absolute atomic E-state index is 0.405. The van der Waals surface area contributed by atoms with Gasteiger partial charge in [-0.15, -0.1) is 11.3 Å². The number of rotatable bonds is 4. The molecule has 0 aliphatic rings. The third-order valence-corrected chi connectivity index (χ3v) is 3.53. The molecular weight excluding hydrogens is 208 g/mol. The summed E-state index contributed by atoms with van der Waals surface area (Å²) < 4.78 is 4.98. The van der Waals surface area contributed by atoms with Gasteiger partial charge in [-0.2, -0.15) is 0 Å². The average Bonchev–Trinajstić information content (AvgIpc) is 2.86. The second kappa shape index (κ2) is 4.64. The highest BCUT2D eigenvalue weighted by Crippen LogP contribution is 2.27. The Balaban J connectivity index is 2.11. The van der Waals surface area contributed by atoms with Crippen LogP contribution < -0.4 is 0 Å². The van der Waals surface area contributed by atoms with Gasteiger partial charge in [0.2, 0.25) is 0 Å². The van der Waals surface area contributed by atoms with E-state index in [4.69, 9.17) is 4.42 Å². The molecule has 2 nitrogen and oxygen atoms in total. The molecule has 0 saturated heterocycles. The SMILES string of the molecule is CCc1ccsc1C(O)Cc1ccoc1. The molecule has 0 bridgehead atoms. The van der Waals surface area contributed by atoms with Crippen LogP contribution in [0.25, 0.3) is 0 Å². The molecule has 1 unspecified atom stereocenters. The second-order valence-corrected chi connectivity index (χ2v) is 4.46. The van der Waals surface area contributed by atoms with Gasteiger partial charge in [-0.25, -0.2) is 0 Å². The van der Waals surface area contributed by atoms with Crippen molar-refractivity contribution in [2.75, 3.05) is 0 Å². The van der Waals surface area contributed by atoms with E-state index in [9.17, 15) is 5.11 Å². The Hall–Kier alpha value is -1.06. The van der Waals surface area contributed by atoms with Gasteiger partial charge in [0.05, 0.1) is 18.6 Å². The van der Waals surface area contributed by atoms with Crippen molar-refractivity contribution >= 4 is 11.3 Å². The van der Waals surface area contributed by atoms with E-state index in [0.717, 1.165) is 16.9 Å². The topological polar surface area (TPSA) is 33.4 Å². The van der Waals surface area contributed by atoms with Crippen molar-refractivity contribution in [1.29, 1.82) is 0 Å². The van der Waals surface area contributed by atoms with E-state index in [-0.39, 0.29) is 0 Å². The number of aryl methyl sites for hydroxylation is 1. The Morgan fingerprint density at radius 3 is 3.00 bits per heavy atom. The summed E-state index contributed by atoms with van der Waals surface area (Å²) in [5.41, 5.74) is 2.29. The molecule has 0 aromatic carbocycles. The summed E-state index contributed by atoms with van der Waals surface area (Å²) in [6.45, 7) is 2.11. The van der Waals surface area contributed by atoms with Gasteiger partial charge in [0.1, 0.15) is 0 Å². The van der Waals surface area contributed by atoms with Crippen LogP contribution in [0, 0.1) is 0 Å². The van der Waals surface area contributed by atoms with Crippen molar-refractivity contribution < 1.29 is 9.52 Å². The average molecular weight is 222 g/mol. The molecule has 15 heavy (non-hydrogen) atoms. The summed E-state index contributed by atoms with van der Waals surface area (Å²) in [5, 5.41) is 12.1. The predicted octanol–water partition coefficient (Wildman–Crippen LogP) is 3.18. The molecule has 2 aromatic heterocycles. The predicted molar refractivity (Wildman–Crippen MR) is 61.1 cm³/mol.